The van der Waals surface area contributed by atoms with E-state index in [0.717, 1.165) is 30.5 Å². The first-order valence-electron chi connectivity index (χ1n) is 7.52. The van der Waals surface area contributed by atoms with Gasteiger partial charge in [0.15, 0.2) is 16.4 Å². The maximum atomic E-state index is 12.7. The SMILES string of the molecule is CS(=O)(=O)c1ccc(Cl)c(C(=O)OCC(=O)Nc2cccc(C(F)(F)F)c2)c1. The van der Waals surface area contributed by atoms with Gasteiger partial charge < -0.3 is 10.1 Å². The molecule has 2 aromatic rings. The molecule has 0 spiro atoms. The highest BCUT2D eigenvalue weighted by Gasteiger charge is 2.30. The molecule has 0 aromatic heterocycles. The highest BCUT2D eigenvalue weighted by atomic mass is 35.5. The predicted molar refractivity (Wildman–Crippen MR) is 94.9 cm³/mol. The molecule has 0 unspecified atom stereocenters. The Balaban J connectivity index is 2.05. The summed E-state index contributed by atoms with van der Waals surface area (Å²) < 4.78 is 65.8. The zero-order valence-corrected chi connectivity index (χ0v) is 15.8. The van der Waals surface area contributed by atoms with Crippen LogP contribution >= 0.6 is 11.6 Å². The number of carbonyl (C=O) groups excluding carboxylic acids is 2. The number of sulfone groups is 1. The number of ether oxygens (including phenoxy) is 1. The topological polar surface area (TPSA) is 89.5 Å². The van der Waals surface area contributed by atoms with E-state index in [9.17, 15) is 31.2 Å². The van der Waals surface area contributed by atoms with Crippen LogP contribution in [0, 0.1) is 0 Å². The number of carbonyl (C=O) groups is 2. The average molecular weight is 436 g/mol. The standard InChI is InChI=1S/C17H13ClF3NO5S/c1-28(25,26)12-5-6-14(18)13(8-12)16(24)27-9-15(23)22-11-4-2-3-10(7-11)17(19,20)21/h2-8H,9H2,1H3,(H,22,23). The number of rotatable bonds is 5. The van der Waals surface area contributed by atoms with Crippen molar-refractivity contribution < 1.29 is 35.9 Å². The van der Waals surface area contributed by atoms with Crippen molar-refractivity contribution >= 4 is 39.0 Å². The Kier molecular flexibility index (Phi) is 6.35. The van der Waals surface area contributed by atoms with Gasteiger partial charge in [-0.3, -0.25) is 4.79 Å². The summed E-state index contributed by atoms with van der Waals surface area (Å²) in [6.45, 7) is -0.811. The fraction of sp³-hybridized carbons (Fsp3) is 0.176. The molecule has 0 aliphatic rings. The number of halogens is 4. The van der Waals surface area contributed by atoms with Crippen LogP contribution in [0.1, 0.15) is 15.9 Å². The molecule has 1 N–H and O–H groups in total. The summed E-state index contributed by atoms with van der Waals surface area (Å²) in [6, 6.07) is 7.32. The van der Waals surface area contributed by atoms with Crippen molar-refractivity contribution in [2.45, 2.75) is 11.1 Å². The number of alkyl halides is 3. The molecule has 0 radical (unpaired) electrons. The Morgan fingerprint density at radius 1 is 1.14 bits per heavy atom. The lowest BCUT2D eigenvalue weighted by atomic mass is 10.2. The molecule has 0 saturated carbocycles. The van der Waals surface area contributed by atoms with E-state index >= 15 is 0 Å². The molecule has 0 fully saturated rings. The van der Waals surface area contributed by atoms with E-state index in [1.54, 1.807) is 0 Å². The molecule has 150 valence electrons. The van der Waals surface area contributed by atoms with Gasteiger partial charge in [-0.05, 0) is 36.4 Å². The molecule has 2 rings (SSSR count). The highest BCUT2D eigenvalue weighted by Crippen LogP contribution is 2.30. The minimum Gasteiger partial charge on any atom is -0.452 e. The summed E-state index contributed by atoms with van der Waals surface area (Å²) in [5.74, 6) is -1.95. The van der Waals surface area contributed by atoms with Gasteiger partial charge in [0.25, 0.3) is 5.91 Å². The zero-order valence-electron chi connectivity index (χ0n) is 14.2. The third kappa shape index (κ3) is 5.70. The summed E-state index contributed by atoms with van der Waals surface area (Å²) >= 11 is 5.84. The largest absolute Gasteiger partial charge is 0.452 e. The van der Waals surface area contributed by atoms with Gasteiger partial charge in [0, 0.05) is 11.9 Å². The Bertz CT molecular complexity index is 1020. The molecule has 0 heterocycles. The molecule has 0 aliphatic carbocycles. The summed E-state index contributed by atoms with van der Waals surface area (Å²) in [7, 11) is -3.60. The van der Waals surface area contributed by atoms with Crippen molar-refractivity contribution in [2.75, 3.05) is 18.2 Å². The average Bonchev–Trinajstić information content (AvgIpc) is 2.58. The summed E-state index contributed by atoms with van der Waals surface area (Å²) in [6.07, 6.45) is -3.64. The van der Waals surface area contributed by atoms with Crippen LogP contribution in [-0.2, 0) is 25.5 Å². The van der Waals surface area contributed by atoms with Crippen molar-refractivity contribution in [2.24, 2.45) is 0 Å². The Hall–Kier alpha value is -2.59. The van der Waals surface area contributed by atoms with Crippen molar-refractivity contribution in [3.63, 3.8) is 0 Å². The monoisotopic (exact) mass is 435 g/mol. The Morgan fingerprint density at radius 3 is 2.43 bits per heavy atom. The summed E-state index contributed by atoms with van der Waals surface area (Å²) in [5, 5.41) is 2.08. The van der Waals surface area contributed by atoms with E-state index in [4.69, 9.17) is 16.3 Å². The number of esters is 1. The van der Waals surface area contributed by atoms with Crippen LogP contribution < -0.4 is 5.32 Å². The summed E-state index contributed by atoms with van der Waals surface area (Å²) in [5.41, 5.74) is -1.35. The molecule has 0 atom stereocenters. The van der Waals surface area contributed by atoms with E-state index < -0.39 is 40.1 Å². The quantitative estimate of drug-likeness (QED) is 0.725. The van der Waals surface area contributed by atoms with E-state index in [1.807, 2.05) is 0 Å². The minimum atomic E-state index is -4.57. The first-order chi connectivity index (χ1) is 12.9. The second-order valence-electron chi connectivity index (χ2n) is 5.62. The third-order valence-corrected chi connectivity index (χ3v) is 4.83. The number of nitrogens with one attached hydrogen (secondary N) is 1. The van der Waals surface area contributed by atoms with Gasteiger partial charge in [-0.1, -0.05) is 17.7 Å². The van der Waals surface area contributed by atoms with Crippen LogP contribution in [0.15, 0.2) is 47.4 Å². The Labute approximate surface area is 163 Å². The van der Waals surface area contributed by atoms with Crippen LogP contribution in [0.2, 0.25) is 5.02 Å². The van der Waals surface area contributed by atoms with Gasteiger partial charge in [0.1, 0.15) is 0 Å². The molecule has 0 aliphatic heterocycles. The smallest absolute Gasteiger partial charge is 0.416 e. The first kappa shape index (κ1) is 21.7. The van der Waals surface area contributed by atoms with Crippen LogP contribution in [-0.4, -0.2) is 33.2 Å². The minimum absolute atomic E-state index is 0.0873. The lowest BCUT2D eigenvalue weighted by Crippen LogP contribution is -2.21. The summed E-state index contributed by atoms with van der Waals surface area (Å²) in [4.78, 5) is 23.7. The van der Waals surface area contributed by atoms with Gasteiger partial charge in [0.05, 0.1) is 21.0 Å². The van der Waals surface area contributed by atoms with Crippen molar-refractivity contribution in [1.82, 2.24) is 0 Å². The number of hydrogen-bond donors (Lipinski definition) is 1. The van der Waals surface area contributed by atoms with Crippen molar-refractivity contribution in [3.05, 3.63) is 58.6 Å². The fourth-order valence-electron chi connectivity index (χ4n) is 2.07. The van der Waals surface area contributed by atoms with Gasteiger partial charge >= 0.3 is 12.1 Å². The predicted octanol–water partition coefficient (Wildman–Crippen LogP) is 3.56. The number of amides is 1. The van der Waals surface area contributed by atoms with Gasteiger partial charge in [-0.2, -0.15) is 13.2 Å². The number of anilines is 1. The molecule has 1 amide bonds. The lowest BCUT2D eigenvalue weighted by molar-refractivity contribution is -0.137. The van der Waals surface area contributed by atoms with Gasteiger partial charge in [-0.15, -0.1) is 0 Å². The van der Waals surface area contributed by atoms with Crippen molar-refractivity contribution in [1.29, 1.82) is 0 Å². The second kappa shape index (κ2) is 8.19. The van der Waals surface area contributed by atoms with Crippen LogP contribution in [0.4, 0.5) is 18.9 Å². The molecular weight excluding hydrogens is 423 g/mol. The zero-order chi connectivity index (χ0) is 21.1. The van der Waals surface area contributed by atoms with Gasteiger partial charge in [-0.25, -0.2) is 13.2 Å². The lowest BCUT2D eigenvalue weighted by Gasteiger charge is -2.10. The maximum Gasteiger partial charge on any atom is 0.416 e. The normalized spacial score (nSPS) is 11.8. The number of benzene rings is 2. The fourth-order valence-corrected chi connectivity index (χ4v) is 2.91. The first-order valence-corrected chi connectivity index (χ1v) is 9.79. The van der Waals surface area contributed by atoms with Crippen LogP contribution in [0.5, 0.6) is 0 Å². The number of hydrogen-bond acceptors (Lipinski definition) is 5. The maximum absolute atomic E-state index is 12.7. The molecule has 0 bridgehead atoms. The van der Waals surface area contributed by atoms with E-state index in [0.29, 0.717) is 0 Å². The molecule has 28 heavy (non-hydrogen) atoms. The molecular formula is C17H13ClF3NO5S. The Morgan fingerprint density at radius 2 is 1.82 bits per heavy atom. The van der Waals surface area contributed by atoms with E-state index in [2.05, 4.69) is 5.32 Å². The second-order valence-corrected chi connectivity index (χ2v) is 8.04. The van der Waals surface area contributed by atoms with Crippen LogP contribution in [0.25, 0.3) is 0 Å². The van der Waals surface area contributed by atoms with Crippen molar-refractivity contribution in [3.8, 4) is 0 Å². The van der Waals surface area contributed by atoms with E-state index in [1.165, 1.54) is 18.2 Å². The van der Waals surface area contributed by atoms with Gasteiger partial charge in [0.2, 0.25) is 0 Å². The highest BCUT2D eigenvalue weighted by molar-refractivity contribution is 7.90. The third-order valence-electron chi connectivity index (χ3n) is 3.39. The molecule has 11 heteroatoms. The molecule has 2 aromatic carbocycles. The van der Waals surface area contributed by atoms with Crippen LogP contribution in [0.3, 0.4) is 0 Å². The molecule has 0 saturated heterocycles. The molecule has 6 nitrogen and oxygen atoms in total. The van der Waals surface area contributed by atoms with E-state index in [-0.39, 0.29) is 21.2 Å².